The normalized spacial score (nSPS) is 47.2. The van der Waals surface area contributed by atoms with Gasteiger partial charge >= 0.3 is 5.97 Å². The van der Waals surface area contributed by atoms with E-state index in [0.29, 0.717) is 0 Å². The van der Waals surface area contributed by atoms with Gasteiger partial charge in [0.1, 0.15) is 48.3 Å². The molecule has 0 spiro atoms. The molecule has 0 aromatic heterocycles. The minimum Gasteiger partial charge on any atom is -0.472 e. The molecule has 1 saturated carbocycles. The number of benzene rings is 1. The summed E-state index contributed by atoms with van der Waals surface area (Å²) in [7, 11) is 0. The third-order valence-electron chi connectivity index (χ3n) is 9.13. The molecular formula is C30H38O15. The first kappa shape index (κ1) is 32.4. The molecule has 7 N–H and O–H groups in total. The van der Waals surface area contributed by atoms with Crippen LogP contribution in [0.1, 0.15) is 12.5 Å². The maximum absolute atomic E-state index is 12.6. The largest absolute Gasteiger partial charge is 0.472 e. The van der Waals surface area contributed by atoms with Crippen molar-refractivity contribution in [1.29, 1.82) is 0 Å². The Labute approximate surface area is 257 Å². The van der Waals surface area contributed by atoms with Crippen molar-refractivity contribution in [1.82, 2.24) is 0 Å². The van der Waals surface area contributed by atoms with Crippen LogP contribution in [0.2, 0.25) is 0 Å². The van der Waals surface area contributed by atoms with Crippen LogP contribution in [0.15, 0.2) is 48.7 Å². The predicted molar refractivity (Wildman–Crippen MR) is 147 cm³/mol. The van der Waals surface area contributed by atoms with Crippen LogP contribution < -0.4 is 0 Å². The van der Waals surface area contributed by atoms with Crippen molar-refractivity contribution in [3.8, 4) is 0 Å². The van der Waals surface area contributed by atoms with E-state index in [1.807, 2.05) is 6.07 Å². The predicted octanol–water partition coefficient (Wildman–Crippen LogP) is -2.47. The third-order valence-corrected chi connectivity index (χ3v) is 9.13. The number of ether oxygens (including phenoxy) is 7. The lowest BCUT2D eigenvalue weighted by atomic mass is 9.85. The van der Waals surface area contributed by atoms with Gasteiger partial charge in [0.2, 0.25) is 6.29 Å². The Morgan fingerprint density at radius 2 is 1.62 bits per heavy atom. The Balaban J connectivity index is 1.15. The number of esters is 1. The van der Waals surface area contributed by atoms with Crippen LogP contribution in [0.25, 0.3) is 6.08 Å². The molecule has 0 bridgehead atoms. The monoisotopic (exact) mass is 638 g/mol. The summed E-state index contributed by atoms with van der Waals surface area (Å²) in [6.45, 7) is 0.414. The highest BCUT2D eigenvalue weighted by Gasteiger charge is 2.77. The lowest BCUT2D eigenvalue weighted by Gasteiger charge is -2.44. The van der Waals surface area contributed by atoms with Gasteiger partial charge < -0.3 is 68.9 Å². The van der Waals surface area contributed by atoms with Gasteiger partial charge in [0, 0.05) is 12.0 Å². The molecule has 0 radical (unpaired) electrons. The molecule has 6 rings (SSSR count). The summed E-state index contributed by atoms with van der Waals surface area (Å²) < 4.78 is 40.4. The summed E-state index contributed by atoms with van der Waals surface area (Å²) in [4.78, 5) is 12.6. The molecule has 4 aliphatic heterocycles. The number of fused-ring (bicyclic) bond motifs is 3. The maximum atomic E-state index is 12.6. The first-order valence-corrected chi connectivity index (χ1v) is 14.8. The summed E-state index contributed by atoms with van der Waals surface area (Å²) in [5, 5.41) is 72.5. The van der Waals surface area contributed by atoms with Gasteiger partial charge in [-0.25, -0.2) is 4.79 Å². The summed E-state index contributed by atoms with van der Waals surface area (Å²) >= 11 is 0. The number of carbonyl (C=O) groups excluding carboxylic acids is 1. The molecular weight excluding hydrogens is 600 g/mol. The highest BCUT2D eigenvalue weighted by Crippen LogP contribution is 2.61. The second kappa shape index (κ2) is 12.9. The van der Waals surface area contributed by atoms with Crippen LogP contribution in [0.5, 0.6) is 0 Å². The van der Waals surface area contributed by atoms with Crippen LogP contribution in [-0.4, -0.2) is 140 Å². The van der Waals surface area contributed by atoms with Gasteiger partial charge in [0.05, 0.1) is 37.6 Å². The summed E-state index contributed by atoms with van der Waals surface area (Å²) in [6, 6.07) is 9.03. The Kier molecular flexibility index (Phi) is 9.33. The zero-order valence-electron chi connectivity index (χ0n) is 24.2. The van der Waals surface area contributed by atoms with Crippen molar-refractivity contribution in [2.75, 3.05) is 13.2 Å². The molecule has 15 heteroatoms. The number of hydrogen-bond donors (Lipinski definition) is 7. The summed E-state index contributed by atoms with van der Waals surface area (Å²) in [5.74, 6) is -2.08. The highest BCUT2D eigenvalue weighted by atomic mass is 16.8. The molecule has 16 atom stereocenters. The average Bonchev–Trinajstić information content (AvgIpc) is 3.72. The number of aliphatic hydroxyl groups excluding tert-OH is 7. The van der Waals surface area contributed by atoms with Crippen molar-refractivity contribution in [3.05, 3.63) is 54.3 Å². The summed E-state index contributed by atoms with van der Waals surface area (Å²) in [6.07, 6.45) is -11.3. The zero-order valence-corrected chi connectivity index (χ0v) is 24.2. The zero-order chi connectivity index (χ0) is 32.0. The van der Waals surface area contributed by atoms with Crippen molar-refractivity contribution >= 4 is 12.0 Å². The van der Waals surface area contributed by atoms with Crippen LogP contribution >= 0.6 is 0 Å². The lowest BCUT2D eigenvalue weighted by molar-refractivity contribution is -0.347. The van der Waals surface area contributed by atoms with Gasteiger partial charge in [-0.1, -0.05) is 30.3 Å². The molecule has 15 nitrogen and oxygen atoms in total. The van der Waals surface area contributed by atoms with Gasteiger partial charge in [-0.3, -0.25) is 0 Å². The van der Waals surface area contributed by atoms with E-state index >= 15 is 0 Å². The lowest BCUT2D eigenvalue weighted by Crippen LogP contribution is -2.60. The van der Waals surface area contributed by atoms with Gasteiger partial charge in [-0.05, 0) is 24.6 Å². The highest BCUT2D eigenvalue weighted by molar-refractivity contribution is 5.87. The number of aliphatic hydroxyl groups is 7. The Morgan fingerprint density at radius 1 is 0.889 bits per heavy atom. The fourth-order valence-corrected chi connectivity index (χ4v) is 6.62. The van der Waals surface area contributed by atoms with Gasteiger partial charge in [-0.2, -0.15) is 0 Å². The average molecular weight is 639 g/mol. The van der Waals surface area contributed by atoms with E-state index in [1.165, 1.54) is 25.3 Å². The molecule has 248 valence electrons. The van der Waals surface area contributed by atoms with Gasteiger partial charge in [0.15, 0.2) is 18.7 Å². The van der Waals surface area contributed by atoms with Crippen LogP contribution in [-0.2, 0) is 38.0 Å². The van der Waals surface area contributed by atoms with E-state index < -0.39 is 117 Å². The standard InChI is InChI=1S/C30H38O15/c1-13-19(34)25(42-17(33)8-7-14-5-3-2-4-6-14)23(38)29(40-13)43-24-15-9-10-39-27(18(15)30(12-32)26(24)45-30)44-28-22(37)21(36)20(35)16(11-31)41-28/h2-10,13,15-16,18-29,31-32,34-38H,11-12H2,1H3/b8-7-/t13-,15+,16+,18+,19-,20+,21-,22+,23-,24-,25+,26-,27-,28-,29-,30+/m0/s1. The molecule has 1 aromatic rings. The molecule has 0 unspecified atom stereocenters. The first-order valence-electron chi connectivity index (χ1n) is 14.8. The Morgan fingerprint density at radius 3 is 2.33 bits per heavy atom. The number of epoxide rings is 1. The second-order valence-electron chi connectivity index (χ2n) is 11.9. The van der Waals surface area contributed by atoms with E-state index in [1.54, 1.807) is 30.3 Å². The van der Waals surface area contributed by atoms with Crippen LogP contribution in [0.4, 0.5) is 0 Å². The van der Waals surface area contributed by atoms with E-state index in [9.17, 15) is 40.5 Å². The number of carbonyl (C=O) groups is 1. The minimum atomic E-state index is -1.69. The molecule has 5 aliphatic rings. The molecule has 4 heterocycles. The van der Waals surface area contributed by atoms with Crippen molar-refractivity contribution in [2.24, 2.45) is 11.8 Å². The van der Waals surface area contributed by atoms with Crippen molar-refractivity contribution in [2.45, 2.75) is 92.4 Å². The molecule has 3 saturated heterocycles. The van der Waals surface area contributed by atoms with Crippen molar-refractivity contribution < 1.29 is 73.7 Å². The molecule has 1 aliphatic carbocycles. The first-order chi connectivity index (χ1) is 21.6. The van der Waals surface area contributed by atoms with Crippen LogP contribution in [0.3, 0.4) is 0 Å². The topological polar surface area (TPSA) is 227 Å². The van der Waals surface area contributed by atoms with E-state index in [-0.39, 0.29) is 0 Å². The maximum Gasteiger partial charge on any atom is 0.331 e. The Hall–Kier alpha value is -2.51. The smallest absolute Gasteiger partial charge is 0.331 e. The SMILES string of the molecule is C[C@@H]1O[C@@H](O[C@H]2[C@@H]3C=CO[C@@H](O[C@@H]4O[C@H](CO)[C@@H](O)[C@H](O)[C@H]4O)[C@@H]3[C@@]3(CO)O[C@@H]23)[C@@H](O)[C@H](OC(=O)/C=C\c2ccccc2)[C@H]1O. The number of rotatable bonds is 9. The number of hydrogen-bond acceptors (Lipinski definition) is 15. The van der Waals surface area contributed by atoms with E-state index in [4.69, 9.17) is 33.2 Å². The fraction of sp³-hybridized carbons (Fsp3) is 0.633. The molecule has 1 aromatic carbocycles. The minimum absolute atomic E-state index is 0.471. The van der Waals surface area contributed by atoms with Gasteiger partial charge in [0.25, 0.3) is 0 Å². The van der Waals surface area contributed by atoms with E-state index in [0.717, 1.165) is 5.56 Å². The molecule has 0 amide bonds. The van der Waals surface area contributed by atoms with Crippen LogP contribution in [0, 0.1) is 11.8 Å². The van der Waals surface area contributed by atoms with Crippen molar-refractivity contribution in [3.63, 3.8) is 0 Å². The van der Waals surface area contributed by atoms with Gasteiger partial charge in [-0.15, -0.1) is 0 Å². The quantitative estimate of drug-likeness (QED) is 0.0845. The van der Waals surface area contributed by atoms with E-state index in [2.05, 4.69) is 0 Å². The fourth-order valence-electron chi connectivity index (χ4n) is 6.62. The summed E-state index contributed by atoms with van der Waals surface area (Å²) in [5.41, 5.74) is -0.458. The second-order valence-corrected chi connectivity index (χ2v) is 11.9. The molecule has 4 fully saturated rings. The molecule has 45 heavy (non-hydrogen) atoms. The third kappa shape index (κ3) is 5.93. The Bertz CT molecular complexity index is 1240.